The second-order valence-electron chi connectivity index (χ2n) is 9.22. The van der Waals surface area contributed by atoms with Gasteiger partial charge in [-0.05, 0) is 61.3 Å². The van der Waals surface area contributed by atoms with E-state index in [1.165, 1.54) is 0 Å². The van der Waals surface area contributed by atoms with Crippen LogP contribution in [-0.4, -0.2) is 40.1 Å². The first kappa shape index (κ1) is 25.0. The monoisotopic (exact) mass is 443 g/mol. The molecular weight excluding hydrogens is 406 g/mol. The van der Waals surface area contributed by atoms with Crippen LogP contribution in [0.5, 0.6) is 5.75 Å². The molecule has 2 aromatic carbocycles. The highest BCUT2D eigenvalue weighted by Gasteiger charge is 2.43. The van der Waals surface area contributed by atoms with E-state index in [0.29, 0.717) is 13.0 Å². The molecule has 0 amide bonds. The van der Waals surface area contributed by atoms with Gasteiger partial charge in [-0.25, -0.2) is 4.79 Å². The van der Waals surface area contributed by atoms with Crippen LogP contribution in [0.4, 0.5) is 5.69 Å². The quantitative estimate of drug-likeness (QED) is 0.379. The molecule has 5 nitrogen and oxygen atoms in total. The van der Waals surface area contributed by atoms with E-state index in [2.05, 4.69) is 51.3 Å². The number of benzene rings is 2. The summed E-state index contributed by atoms with van der Waals surface area (Å²) in [6.07, 6.45) is -0.0894. The van der Waals surface area contributed by atoms with Crippen LogP contribution in [-0.2, 0) is 20.4 Å². The summed E-state index contributed by atoms with van der Waals surface area (Å²) < 4.78 is 17.4. The van der Waals surface area contributed by atoms with Gasteiger partial charge in [0, 0.05) is 5.69 Å². The molecule has 0 aliphatic rings. The van der Waals surface area contributed by atoms with Gasteiger partial charge >= 0.3 is 5.97 Å². The molecular formula is C25H37NO4Si. The first-order valence-electron chi connectivity index (χ1n) is 10.9. The van der Waals surface area contributed by atoms with E-state index in [0.717, 1.165) is 17.0 Å². The van der Waals surface area contributed by atoms with Gasteiger partial charge in [-0.1, -0.05) is 51.1 Å². The van der Waals surface area contributed by atoms with E-state index in [4.69, 9.17) is 13.9 Å². The molecule has 0 aliphatic heterocycles. The fourth-order valence-corrected chi connectivity index (χ4v) is 4.27. The SMILES string of the molecule is CCOC(=O)C(O[Si](C)(C)C(C)(C)C)C(Cc1ccccc1)Nc1ccc(OC)cc1. The Bertz CT molecular complexity index is 816. The topological polar surface area (TPSA) is 56.8 Å². The van der Waals surface area contributed by atoms with Crippen molar-refractivity contribution in [1.82, 2.24) is 0 Å². The number of hydrogen-bond donors (Lipinski definition) is 1. The third kappa shape index (κ3) is 7.11. The zero-order chi connectivity index (χ0) is 23.1. The van der Waals surface area contributed by atoms with Crippen LogP contribution in [0.2, 0.25) is 18.1 Å². The number of anilines is 1. The number of esters is 1. The van der Waals surface area contributed by atoms with Crippen molar-refractivity contribution in [1.29, 1.82) is 0 Å². The maximum Gasteiger partial charge on any atom is 0.336 e. The first-order valence-corrected chi connectivity index (χ1v) is 13.8. The highest BCUT2D eigenvalue weighted by atomic mass is 28.4. The summed E-state index contributed by atoms with van der Waals surface area (Å²) in [4.78, 5) is 13.1. The molecule has 6 heteroatoms. The summed E-state index contributed by atoms with van der Waals surface area (Å²) in [5.74, 6) is 0.457. The lowest BCUT2D eigenvalue weighted by atomic mass is 10.0. The van der Waals surface area contributed by atoms with Gasteiger partial charge < -0.3 is 19.2 Å². The largest absolute Gasteiger partial charge is 0.497 e. The number of ether oxygens (including phenoxy) is 2. The third-order valence-electron chi connectivity index (χ3n) is 5.85. The zero-order valence-corrected chi connectivity index (χ0v) is 20.9. The number of carbonyl (C=O) groups excluding carboxylic acids is 1. The summed E-state index contributed by atoms with van der Waals surface area (Å²) in [5.41, 5.74) is 2.02. The van der Waals surface area contributed by atoms with Crippen LogP contribution >= 0.6 is 0 Å². The molecule has 0 bridgehead atoms. The Hall–Kier alpha value is -2.31. The molecule has 0 spiro atoms. The van der Waals surface area contributed by atoms with Crippen LogP contribution < -0.4 is 10.1 Å². The third-order valence-corrected chi connectivity index (χ3v) is 10.3. The highest BCUT2D eigenvalue weighted by molar-refractivity contribution is 6.74. The number of nitrogens with one attached hydrogen (secondary N) is 1. The van der Waals surface area contributed by atoms with Crippen molar-refractivity contribution in [2.24, 2.45) is 0 Å². The summed E-state index contributed by atoms with van der Waals surface area (Å²) in [6, 6.07) is 17.5. The smallest absolute Gasteiger partial charge is 0.336 e. The maximum atomic E-state index is 13.1. The normalized spacial score (nSPS) is 13.9. The Morgan fingerprint density at radius 3 is 2.16 bits per heavy atom. The van der Waals surface area contributed by atoms with Gasteiger partial charge in [0.15, 0.2) is 14.4 Å². The molecule has 2 aromatic rings. The fourth-order valence-electron chi connectivity index (χ4n) is 3.02. The summed E-state index contributed by atoms with van der Waals surface area (Å²) in [5, 5.41) is 3.50. The first-order chi connectivity index (χ1) is 14.6. The molecule has 0 aliphatic carbocycles. The van der Waals surface area contributed by atoms with E-state index in [1.54, 1.807) is 7.11 Å². The minimum Gasteiger partial charge on any atom is -0.497 e. The van der Waals surface area contributed by atoms with Crippen molar-refractivity contribution in [3.05, 3.63) is 60.2 Å². The number of rotatable bonds is 10. The summed E-state index contributed by atoms with van der Waals surface area (Å²) >= 11 is 0. The van der Waals surface area contributed by atoms with Gasteiger partial charge in [-0.2, -0.15) is 0 Å². The predicted octanol–water partition coefficient (Wildman–Crippen LogP) is 5.67. The van der Waals surface area contributed by atoms with Gasteiger partial charge in [0.05, 0.1) is 19.8 Å². The molecule has 0 radical (unpaired) electrons. The van der Waals surface area contributed by atoms with Gasteiger partial charge in [0.2, 0.25) is 0 Å². The minimum absolute atomic E-state index is 0.0326. The lowest BCUT2D eigenvalue weighted by molar-refractivity contribution is -0.152. The highest BCUT2D eigenvalue weighted by Crippen LogP contribution is 2.38. The zero-order valence-electron chi connectivity index (χ0n) is 19.9. The lowest BCUT2D eigenvalue weighted by Crippen LogP contribution is -2.53. The second kappa shape index (κ2) is 10.8. The van der Waals surface area contributed by atoms with Crippen LogP contribution in [0.15, 0.2) is 54.6 Å². The van der Waals surface area contributed by atoms with Crippen molar-refractivity contribution >= 4 is 20.0 Å². The van der Waals surface area contributed by atoms with Crippen molar-refractivity contribution in [2.75, 3.05) is 19.0 Å². The molecule has 2 atom stereocenters. The van der Waals surface area contributed by atoms with Crippen molar-refractivity contribution in [2.45, 2.75) is 64.4 Å². The van der Waals surface area contributed by atoms with Crippen molar-refractivity contribution in [3.8, 4) is 5.75 Å². The fraction of sp³-hybridized carbons (Fsp3) is 0.480. The Labute approximate surface area is 188 Å². The molecule has 170 valence electrons. The average molecular weight is 444 g/mol. The Morgan fingerprint density at radius 1 is 1.03 bits per heavy atom. The number of carbonyl (C=O) groups is 1. The van der Waals surface area contributed by atoms with Gasteiger partial charge in [-0.15, -0.1) is 0 Å². The van der Waals surface area contributed by atoms with Gasteiger partial charge in [0.25, 0.3) is 0 Å². The van der Waals surface area contributed by atoms with E-state index in [-0.39, 0.29) is 17.0 Å². The van der Waals surface area contributed by atoms with Crippen LogP contribution in [0, 0.1) is 0 Å². The van der Waals surface area contributed by atoms with Gasteiger partial charge in [-0.3, -0.25) is 0 Å². The molecule has 2 rings (SSSR count). The average Bonchev–Trinajstić information content (AvgIpc) is 2.72. The molecule has 31 heavy (non-hydrogen) atoms. The molecule has 0 saturated heterocycles. The molecule has 2 unspecified atom stereocenters. The van der Waals surface area contributed by atoms with Gasteiger partial charge in [0.1, 0.15) is 5.75 Å². The second-order valence-corrected chi connectivity index (χ2v) is 14.0. The molecule has 0 aromatic heterocycles. The van der Waals surface area contributed by atoms with Crippen LogP contribution in [0.1, 0.15) is 33.3 Å². The number of hydrogen-bond acceptors (Lipinski definition) is 5. The van der Waals surface area contributed by atoms with E-state index in [9.17, 15) is 4.79 Å². The Balaban J connectivity index is 2.41. The standard InChI is InChI=1S/C25H37NO4Si/c1-8-29-24(27)23(30-31(6,7)25(2,3)4)22(18-19-12-10-9-11-13-19)26-20-14-16-21(28-5)17-15-20/h9-17,22-23,26H,8,18H2,1-7H3. The molecule has 0 fully saturated rings. The molecule has 0 saturated carbocycles. The summed E-state index contributed by atoms with van der Waals surface area (Å²) in [6.45, 7) is 13.0. The maximum absolute atomic E-state index is 13.1. The van der Waals surface area contributed by atoms with E-state index < -0.39 is 14.4 Å². The minimum atomic E-state index is -2.23. The summed E-state index contributed by atoms with van der Waals surface area (Å²) in [7, 11) is -0.589. The number of methoxy groups -OCH3 is 1. The lowest BCUT2D eigenvalue weighted by Gasteiger charge is -2.40. The Kier molecular flexibility index (Phi) is 8.71. The predicted molar refractivity (Wildman–Crippen MR) is 129 cm³/mol. The molecule has 0 heterocycles. The van der Waals surface area contributed by atoms with Crippen molar-refractivity contribution < 1.29 is 18.7 Å². The van der Waals surface area contributed by atoms with E-state index in [1.807, 2.05) is 49.4 Å². The molecule has 1 N–H and O–H groups in total. The van der Waals surface area contributed by atoms with Crippen LogP contribution in [0.3, 0.4) is 0 Å². The van der Waals surface area contributed by atoms with E-state index >= 15 is 0 Å². The van der Waals surface area contributed by atoms with Crippen LogP contribution in [0.25, 0.3) is 0 Å². The Morgan fingerprint density at radius 2 is 1.65 bits per heavy atom. The van der Waals surface area contributed by atoms with Crippen molar-refractivity contribution in [3.63, 3.8) is 0 Å².